The van der Waals surface area contributed by atoms with Crippen molar-refractivity contribution in [3.63, 3.8) is 0 Å². The number of hydrogen-bond donors (Lipinski definition) is 7. The van der Waals surface area contributed by atoms with E-state index in [0.29, 0.717) is 0 Å². The molecular formula is C19H25N3O8. The summed E-state index contributed by atoms with van der Waals surface area (Å²) in [4.78, 5) is 35.4. The SMILES string of the molecule is CC(=O)N[C@H]1[C@H]([C@H](O)[C@H](O)CO)OC(C(=O)O)=C[C@@H]1NC(=O)NCc1ccccc1. The molecular weight excluding hydrogens is 398 g/mol. The van der Waals surface area contributed by atoms with Crippen LogP contribution in [0.5, 0.6) is 0 Å². The Morgan fingerprint density at radius 3 is 2.37 bits per heavy atom. The van der Waals surface area contributed by atoms with E-state index >= 15 is 0 Å². The first kappa shape index (κ1) is 23.1. The van der Waals surface area contributed by atoms with Crippen molar-refractivity contribution in [3.05, 3.63) is 47.7 Å². The van der Waals surface area contributed by atoms with Crippen LogP contribution in [0, 0.1) is 0 Å². The van der Waals surface area contributed by atoms with E-state index in [1.807, 2.05) is 6.07 Å². The van der Waals surface area contributed by atoms with Gasteiger partial charge in [0.1, 0.15) is 18.3 Å². The van der Waals surface area contributed by atoms with Crippen molar-refractivity contribution in [1.82, 2.24) is 16.0 Å². The molecule has 0 fully saturated rings. The predicted octanol–water partition coefficient (Wildman–Crippen LogP) is -1.56. The molecule has 0 spiro atoms. The van der Waals surface area contributed by atoms with Crippen molar-refractivity contribution in [3.8, 4) is 0 Å². The molecule has 1 aromatic carbocycles. The standard InChI is InChI=1S/C19H25N3O8/c1-10(24)21-15-12(22-19(29)20-8-11-5-3-2-4-6-11)7-14(18(27)28)30-17(15)16(26)13(25)9-23/h2-7,12-13,15-17,23,25-26H,8-9H2,1H3,(H,21,24)(H,27,28)(H2,20,22,29)/t12-,13+,15+,16+,17+/m0/s1. The zero-order chi connectivity index (χ0) is 22.3. The van der Waals surface area contributed by atoms with Crippen molar-refractivity contribution in [2.45, 2.75) is 43.9 Å². The lowest BCUT2D eigenvalue weighted by molar-refractivity contribution is -0.146. The highest BCUT2D eigenvalue weighted by Crippen LogP contribution is 2.23. The molecule has 3 amide bonds. The van der Waals surface area contributed by atoms with Crippen LogP contribution in [-0.4, -0.2) is 75.3 Å². The van der Waals surface area contributed by atoms with E-state index in [2.05, 4.69) is 16.0 Å². The summed E-state index contributed by atoms with van der Waals surface area (Å²) in [5, 5.41) is 46.1. The van der Waals surface area contributed by atoms with Gasteiger partial charge >= 0.3 is 12.0 Å². The molecule has 30 heavy (non-hydrogen) atoms. The molecule has 11 nitrogen and oxygen atoms in total. The quantitative estimate of drug-likeness (QED) is 0.262. The molecule has 0 saturated heterocycles. The number of aliphatic hydroxyl groups excluding tert-OH is 3. The number of aliphatic carboxylic acids is 1. The zero-order valence-corrected chi connectivity index (χ0v) is 16.2. The molecule has 0 unspecified atom stereocenters. The third kappa shape index (κ3) is 6.17. The summed E-state index contributed by atoms with van der Waals surface area (Å²) in [6.07, 6.45) is -3.77. The molecule has 0 bridgehead atoms. The fourth-order valence-corrected chi connectivity index (χ4v) is 2.98. The molecule has 1 aromatic rings. The molecule has 11 heteroatoms. The molecule has 7 N–H and O–H groups in total. The number of carbonyl (C=O) groups is 3. The molecule has 0 saturated carbocycles. The van der Waals surface area contributed by atoms with Crippen LogP contribution in [0.1, 0.15) is 12.5 Å². The lowest BCUT2D eigenvalue weighted by atomic mass is 9.92. The molecule has 2 rings (SSSR count). The smallest absolute Gasteiger partial charge is 0.370 e. The van der Waals surface area contributed by atoms with Crippen molar-refractivity contribution in [2.75, 3.05) is 6.61 Å². The first-order chi connectivity index (χ1) is 14.2. The maximum atomic E-state index is 12.4. The summed E-state index contributed by atoms with van der Waals surface area (Å²) in [7, 11) is 0. The topological polar surface area (TPSA) is 177 Å². The fraction of sp³-hybridized carbons (Fsp3) is 0.421. The van der Waals surface area contributed by atoms with E-state index in [-0.39, 0.29) is 6.54 Å². The summed E-state index contributed by atoms with van der Waals surface area (Å²) in [5.74, 6) is -2.59. The van der Waals surface area contributed by atoms with Gasteiger partial charge in [0, 0.05) is 13.5 Å². The maximum Gasteiger partial charge on any atom is 0.370 e. The van der Waals surface area contributed by atoms with Gasteiger partial charge in [0.05, 0.1) is 18.7 Å². The molecule has 0 aromatic heterocycles. The van der Waals surface area contributed by atoms with E-state index in [1.165, 1.54) is 6.92 Å². The number of amides is 3. The van der Waals surface area contributed by atoms with Crippen molar-refractivity contribution in [2.24, 2.45) is 0 Å². The van der Waals surface area contributed by atoms with Crippen LogP contribution in [-0.2, 0) is 20.9 Å². The number of ether oxygens (including phenoxy) is 1. The summed E-state index contributed by atoms with van der Waals surface area (Å²) >= 11 is 0. The average Bonchev–Trinajstić information content (AvgIpc) is 2.72. The zero-order valence-electron chi connectivity index (χ0n) is 16.2. The van der Waals surface area contributed by atoms with Crippen LogP contribution < -0.4 is 16.0 Å². The van der Waals surface area contributed by atoms with Gasteiger partial charge in [-0.2, -0.15) is 0 Å². The molecule has 1 heterocycles. The Kier molecular flexibility index (Phi) is 8.16. The number of carboxylic acids is 1. The molecule has 164 valence electrons. The van der Waals surface area contributed by atoms with Gasteiger partial charge in [0.2, 0.25) is 11.7 Å². The molecule has 1 aliphatic heterocycles. The number of carboxylic acid groups (broad SMARTS) is 1. The number of rotatable bonds is 8. The Balaban J connectivity index is 2.22. The lowest BCUT2D eigenvalue weighted by Crippen LogP contribution is -2.64. The van der Waals surface area contributed by atoms with Gasteiger partial charge in [-0.05, 0) is 11.6 Å². The second-order valence-corrected chi connectivity index (χ2v) is 6.72. The summed E-state index contributed by atoms with van der Waals surface area (Å²) < 4.78 is 5.24. The largest absolute Gasteiger partial charge is 0.478 e. The normalized spacial score (nSPS) is 22.7. The monoisotopic (exact) mass is 423 g/mol. The van der Waals surface area contributed by atoms with E-state index < -0.39 is 60.7 Å². The highest BCUT2D eigenvalue weighted by Gasteiger charge is 2.44. The van der Waals surface area contributed by atoms with Gasteiger partial charge in [-0.25, -0.2) is 9.59 Å². The number of nitrogens with one attached hydrogen (secondary N) is 3. The molecule has 0 aliphatic carbocycles. The minimum atomic E-state index is -1.74. The first-order valence-corrected chi connectivity index (χ1v) is 9.17. The fourth-order valence-electron chi connectivity index (χ4n) is 2.98. The van der Waals surface area contributed by atoms with E-state index in [0.717, 1.165) is 11.6 Å². The number of urea groups is 1. The predicted molar refractivity (Wildman–Crippen MR) is 103 cm³/mol. The number of hydrogen-bond acceptors (Lipinski definition) is 7. The van der Waals surface area contributed by atoms with E-state index in [1.54, 1.807) is 24.3 Å². The Morgan fingerprint density at radius 1 is 1.13 bits per heavy atom. The Hall–Kier alpha value is -3.15. The summed E-state index contributed by atoms with van der Waals surface area (Å²) in [6.45, 7) is 0.565. The van der Waals surface area contributed by atoms with Crippen LogP contribution in [0.15, 0.2) is 42.2 Å². The second-order valence-electron chi connectivity index (χ2n) is 6.72. The van der Waals surface area contributed by atoms with Crippen LogP contribution in [0.4, 0.5) is 4.79 Å². The third-order valence-corrected chi connectivity index (χ3v) is 4.43. The Morgan fingerprint density at radius 2 is 1.80 bits per heavy atom. The maximum absolute atomic E-state index is 12.4. The van der Waals surface area contributed by atoms with Crippen molar-refractivity contribution < 1.29 is 39.5 Å². The van der Waals surface area contributed by atoms with Crippen molar-refractivity contribution in [1.29, 1.82) is 0 Å². The van der Waals surface area contributed by atoms with Crippen LogP contribution in [0.3, 0.4) is 0 Å². The first-order valence-electron chi connectivity index (χ1n) is 9.17. The van der Waals surface area contributed by atoms with Gasteiger partial charge in [-0.15, -0.1) is 0 Å². The van der Waals surface area contributed by atoms with Crippen LogP contribution >= 0.6 is 0 Å². The second kappa shape index (κ2) is 10.6. The summed E-state index contributed by atoms with van der Waals surface area (Å²) in [6, 6.07) is 6.19. The van der Waals surface area contributed by atoms with E-state index in [9.17, 15) is 29.7 Å². The molecule has 1 aliphatic rings. The highest BCUT2D eigenvalue weighted by molar-refractivity contribution is 5.85. The van der Waals surface area contributed by atoms with Crippen molar-refractivity contribution >= 4 is 17.9 Å². The minimum absolute atomic E-state index is 0.200. The van der Waals surface area contributed by atoms with Gasteiger partial charge < -0.3 is 41.1 Å². The number of carbonyl (C=O) groups excluding carboxylic acids is 2. The molecule has 0 radical (unpaired) electrons. The molecule has 5 atom stereocenters. The highest BCUT2D eigenvalue weighted by atomic mass is 16.5. The average molecular weight is 423 g/mol. The third-order valence-electron chi connectivity index (χ3n) is 4.43. The Labute approximate surface area is 172 Å². The van der Waals surface area contributed by atoms with Gasteiger partial charge in [-0.3, -0.25) is 4.79 Å². The number of aliphatic hydroxyl groups is 3. The van der Waals surface area contributed by atoms with Gasteiger partial charge in [0.15, 0.2) is 0 Å². The lowest BCUT2D eigenvalue weighted by Gasteiger charge is -2.40. The van der Waals surface area contributed by atoms with Crippen LogP contribution in [0.25, 0.3) is 0 Å². The van der Waals surface area contributed by atoms with Gasteiger partial charge in [0.25, 0.3) is 0 Å². The van der Waals surface area contributed by atoms with E-state index in [4.69, 9.17) is 9.84 Å². The Bertz CT molecular complexity index is 785. The number of benzene rings is 1. The minimum Gasteiger partial charge on any atom is -0.478 e. The summed E-state index contributed by atoms with van der Waals surface area (Å²) in [5.41, 5.74) is 0.833. The van der Waals surface area contributed by atoms with Crippen LogP contribution in [0.2, 0.25) is 0 Å². The van der Waals surface area contributed by atoms with Gasteiger partial charge in [-0.1, -0.05) is 30.3 Å².